The molecule has 0 aromatic rings. The smallest absolute Gasteiger partial charge is 0.355 e. The monoisotopic (exact) mass is 246 g/mol. The van der Waals surface area contributed by atoms with Crippen LogP contribution in [0.1, 0.15) is 54.4 Å². The van der Waals surface area contributed by atoms with Gasteiger partial charge >= 0.3 is 11.9 Å². The predicted molar refractivity (Wildman–Crippen MR) is 60.8 cm³/mol. The Morgan fingerprint density at radius 3 is 2.12 bits per heavy atom. The number of rotatable bonds is 4. The first kappa shape index (κ1) is 14.4. The maximum Gasteiger partial charge on any atom is 0.355 e. The van der Waals surface area contributed by atoms with Crippen LogP contribution < -0.4 is 0 Å². The van der Waals surface area contributed by atoms with Gasteiger partial charge in [-0.15, -0.1) is 0 Å². The molecule has 1 unspecified atom stereocenters. The predicted octanol–water partition coefficient (Wildman–Crippen LogP) is 2.54. The molecule has 1 rings (SSSR count). The van der Waals surface area contributed by atoms with Crippen molar-refractivity contribution in [2.24, 2.45) is 0 Å². The molecule has 0 bridgehead atoms. The first-order valence-electron chi connectivity index (χ1n) is 5.97. The molecule has 0 aromatic heterocycles. The molecule has 5 nitrogen and oxygen atoms in total. The van der Waals surface area contributed by atoms with Crippen LogP contribution in [0.2, 0.25) is 0 Å². The zero-order valence-electron chi connectivity index (χ0n) is 11.5. The summed E-state index contributed by atoms with van der Waals surface area (Å²) in [4.78, 5) is 22.1. The zero-order valence-corrected chi connectivity index (χ0v) is 11.5. The Morgan fingerprint density at radius 2 is 1.76 bits per heavy atom. The van der Waals surface area contributed by atoms with Gasteiger partial charge in [-0.2, -0.15) is 4.89 Å². The molecule has 5 heteroatoms. The maximum absolute atomic E-state index is 11.8. The van der Waals surface area contributed by atoms with Gasteiger partial charge < -0.3 is 4.74 Å². The summed E-state index contributed by atoms with van der Waals surface area (Å²) in [5.74, 6) is -1.86. The Bertz CT molecular complexity index is 290. The van der Waals surface area contributed by atoms with E-state index in [1.165, 1.54) is 6.92 Å². The van der Waals surface area contributed by atoms with E-state index in [9.17, 15) is 4.79 Å². The fraction of sp³-hybridized carbons (Fsp3) is 0.917. The molecular formula is C12H22O5. The molecule has 1 aliphatic rings. The van der Waals surface area contributed by atoms with E-state index >= 15 is 0 Å². The molecule has 0 radical (unpaired) electrons. The van der Waals surface area contributed by atoms with E-state index in [4.69, 9.17) is 19.2 Å². The minimum atomic E-state index is -1.46. The van der Waals surface area contributed by atoms with Gasteiger partial charge in [0.1, 0.15) is 0 Å². The molecule has 0 aliphatic carbocycles. The van der Waals surface area contributed by atoms with Crippen LogP contribution in [0, 0.1) is 0 Å². The Morgan fingerprint density at radius 1 is 1.24 bits per heavy atom. The molecule has 1 atom stereocenters. The van der Waals surface area contributed by atoms with Crippen LogP contribution in [0.15, 0.2) is 0 Å². The third-order valence-electron chi connectivity index (χ3n) is 2.62. The summed E-state index contributed by atoms with van der Waals surface area (Å²) in [5.41, 5.74) is -1.42. The van der Waals surface area contributed by atoms with Gasteiger partial charge in [0.15, 0.2) is 5.60 Å². The van der Waals surface area contributed by atoms with Gasteiger partial charge in [0.25, 0.3) is 0 Å². The summed E-state index contributed by atoms with van der Waals surface area (Å²) in [5, 5.41) is 0. The van der Waals surface area contributed by atoms with Crippen LogP contribution >= 0.6 is 0 Å². The van der Waals surface area contributed by atoms with Crippen molar-refractivity contribution in [3.63, 3.8) is 0 Å². The highest BCUT2D eigenvalue weighted by molar-refractivity contribution is 5.81. The third-order valence-corrected chi connectivity index (χ3v) is 2.62. The number of hydrogen-bond acceptors (Lipinski definition) is 5. The van der Waals surface area contributed by atoms with E-state index in [0.717, 1.165) is 0 Å². The van der Waals surface area contributed by atoms with E-state index in [0.29, 0.717) is 12.8 Å². The van der Waals surface area contributed by atoms with Crippen molar-refractivity contribution in [2.45, 2.75) is 71.6 Å². The number of ether oxygens (including phenoxy) is 2. The molecule has 1 heterocycles. The second-order valence-corrected chi connectivity index (χ2v) is 5.33. The second kappa shape index (κ2) is 4.55. The molecule has 0 spiro atoms. The lowest BCUT2D eigenvalue weighted by atomic mass is 9.98. The quantitative estimate of drug-likeness (QED) is 0.433. The summed E-state index contributed by atoms with van der Waals surface area (Å²) >= 11 is 0. The number of carbonyl (C=O) groups excluding carboxylic acids is 1. The zero-order chi connectivity index (χ0) is 13.3. The lowest BCUT2D eigenvalue weighted by Crippen LogP contribution is -2.38. The van der Waals surface area contributed by atoms with E-state index in [1.807, 2.05) is 34.6 Å². The summed E-state index contributed by atoms with van der Waals surface area (Å²) in [7, 11) is 0. The topological polar surface area (TPSA) is 54.0 Å². The molecule has 1 aliphatic heterocycles. The molecule has 1 saturated heterocycles. The minimum absolute atomic E-state index is 0.400. The normalized spacial score (nSPS) is 28.2. The highest BCUT2D eigenvalue weighted by Gasteiger charge is 2.56. The molecule has 0 saturated carbocycles. The van der Waals surface area contributed by atoms with Gasteiger partial charge in [0.2, 0.25) is 0 Å². The van der Waals surface area contributed by atoms with Crippen LogP contribution in [0.3, 0.4) is 0 Å². The Hall–Kier alpha value is -0.650. The Kier molecular flexibility index (Phi) is 3.86. The highest BCUT2D eigenvalue weighted by Crippen LogP contribution is 2.38. The van der Waals surface area contributed by atoms with Crippen molar-refractivity contribution >= 4 is 5.97 Å². The average Bonchev–Trinajstić information content (AvgIpc) is 2.48. The van der Waals surface area contributed by atoms with Gasteiger partial charge in [0.05, 0.1) is 5.60 Å². The first-order chi connectivity index (χ1) is 7.66. The first-order valence-corrected chi connectivity index (χ1v) is 5.97. The van der Waals surface area contributed by atoms with Crippen LogP contribution in [0.5, 0.6) is 0 Å². The molecular weight excluding hydrogens is 224 g/mol. The van der Waals surface area contributed by atoms with Crippen molar-refractivity contribution in [3.8, 4) is 0 Å². The molecule has 1 fully saturated rings. The molecule has 0 N–H and O–H groups in total. The van der Waals surface area contributed by atoms with Crippen molar-refractivity contribution in [3.05, 3.63) is 0 Å². The Balaban J connectivity index is 2.72. The lowest BCUT2D eigenvalue weighted by molar-refractivity contribution is -0.502. The summed E-state index contributed by atoms with van der Waals surface area (Å²) < 4.78 is 10.8. The summed E-state index contributed by atoms with van der Waals surface area (Å²) in [6.07, 6.45) is 1.08. The highest BCUT2D eigenvalue weighted by atomic mass is 17.3. The van der Waals surface area contributed by atoms with Crippen LogP contribution in [0.25, 0.3) is 0 Å². The lowest BCUT2D eigenvalue weighted by Gasteiger charge is -2.27. The van der Waals surface area contributed by atoms with Gasteiger partial charge in [-0.25, -0.2) is 9.68 Å². The number of hydrogen-bond donors (Lipinski definition) is 0. The van der Waals surface area contributed by atoms with E-state index in [2.05, 4.69) is 0 Å². The maximum atomic E-state index is 11.8. The van der Waals surface area contributed by atoms with Crippen LogP contribution in [0.4, 0.5) is 0 Å². The molecule has 0 amide bonds. The van der Waals surface area contributed by atoms with Crippen molar-refractivity contribution < 1.29 is 24.0 Å². The van der Waals surface area contributed by atoms with Gasteiger partial charge in [-0.3, -0.25) is 4.74 Å². The van der Waals surface area contributed by atoms with E-state index in [1.54, 1.807) is 0 Å². The third kappa shape index (κ3) is 3.18. The molecule has 100 valence electrons. The van der Waals surface area contributed by atoms with E-state index < -0.39 is 23.1 Å². The number of esters is 1. The average molecular weight is 246 g/mol. The number of carbonyl (C=O) groups is 1. The van der Waals surface area contributed by atoms with Gasteiger partial charge in [-0.05, 0) is 33.6 Å². The summed E-state index contributed by atoms with van der Waals surface area (Å²) in [6, 6.07) is 0. The molecule has 17 heavy (non-hydrogen) atoms. The number of cyclic esters (lactones) is 1. The minimum Gasteiger partial charge on any atom is -0.404 e. The van der Waals surface area contributed by atoms with Crippen molar-refractivity contribution in [1.82, 2.24) is 0 Å². The Labute approximate surface area is 102 Å². The fourth-order valence-corrected chi connectivity index (χ4v) is 1.60. The largest absolute Gasteiger partial charge is 0.404 e. The van der Waals surface area contributed by atoms with Crippen LogP contribution in [-0.4, -0.2) is 23.1 Å². The standard InChI is InChI=1S/C12H22O5/c1-7-12(8-2)9(13)14-11(6,15-12)17-16-10(3,4)5/h7-8H2,1-6H3. The van der Waals surface area contributed by atoms with Crippen molar-refractivity contribution in [1.29, 1.82) is 0 Å². The van der Waals surface area contributed by atoms with Gasteiger partial charge in [-0.1, -0.05) is 13.8 Å². The second-order valence-electron chi connectivity index (χ2n) is 5.33. The summed E-state index contributed by atoms with van der Waals surface area (Å²) in [6.45, 7) is 10.8. The van der Waals surface area contributed by atoms with E-state index in [-0.39, 0.29) is 0 Å². The van der Waals surface area contributed by atoms with Crippen molar-refractivity contribution in [2.75, 3.05) is 0 Å². The SMILES string of the molecule is CCC1(CC)OC(C)(OOC(C)(C)C)OC1=O. The van der Waals surface area contributed by atoms with Crippen LogP contribution in [-0.2, 0) is 24.0 Å². The molecule has 0 aromatic carbocycles. The fourth-order valence-electron chi connectivity index (χ4n) is 1.60. The van der Waals surface area contributed by atoms with Gasteiger partial charge in [0, 0.05) is 6.92 Å².